The number of nitriles is 2. The number of aliphatic hydroxyl groups excluding tert-OH is 3. The van der Waals surface area contributed by atoms with Gasteiger partial charge in [0.05, 0.1) is 99.5 Å². The van der Waals surface area contributed by atoms with Crippen LogP contribution in [0.5, 0.6) is 0 Å². The summed E-state index contributed by atoms with van der Waals surface area (Å²) < 4.78 is 97.0. The molecule has 2 aromatic rings. The summed E-state index contributed by atoms with van der Waals surface area (Å²) in [6.45, 7) is 3.74. The van der Waals surface area contributed by atoms with Gasteiger partial charge < -0.3 is 29.5 Å². The Morgan fingerprint density at radius 2 is 1.11 bits per heavy atom. The number of rotatable bonds is 7. The first-order valence-corrected chi connectivity index (χ1v) is 18.8. The highest BCUT2D eigenvalue weighted by Gasteiger charge is 2.78. The van der Waals surface area contributed by atoms with Crippen molar-refractivity contribution in [3.05, 3.63) is 58.7 Å². The lowest BCUT2D eigenvalue weighted by molar-refractivity contribution is -0.145. The smallest absolute Gasteiger partial charge is 0.417 e. The third kappa shape index (κ3) is 6.39. The highest BCUT2D eigenvalue weighted by atomic mass is 19.4. The third-order valence-electron chi connectivity index (χ3n) is 13.0. The van der Waals surface area contributed by atoms with E-state index in [1.807, 2.05) is 0 Å². The van der Waals surface area contributed by atoms with E-state index in [-0.39, 0.29) is 50.3 Å². The first kappa shape index (κ1) is 43.6. The van der Waals surface area contributed by atoms with Gasteiger partial charge in [0, 0.05) is 39.2 Å². The van der Waals surface area contributed by atoms with E-state index in [4.69, 9.17) is 24.7 Å². The minimum atomic E-state index is -4.86. The number of esters is 1. The lowest BCUT2D eigenvalue weighted by Gasteiger charge is -2.33. The van der Waals surface area contributed by atoms with E-state index in [0.717, 1.165) is 24.3 Å². The first-order chi connectivity index (χ1) is 28.4. The van der Waals surface area contributed by atoms with Crippen LogP contribution in [-0.2, 0) is 50.5 Å². The van der Waals surface area contributed by atoms with Gasteiger partial charge in [0.15, 0.2) is 0 Å². The van der Waals surface area contributed by atoms with Crippen molar-refractivity contribution in [3.63, 3.8) is 0 Å². The van der Waals surface area contributed by atoms with Crippen LogP contribution in [0.1, 0.15) is 68.7 Å². The van der Waals surface area contributed by atoms with E-state index < -0.39 is 122 Å². The number of benzene rings is 2. The van der Waals surface area contributed by atoms with Crippen LogP contribution >= 0.6 is 0 Å². The van der Waals surface area contributed by atoms with Crippen LogP contribution in [-0.4, -0.2) is 92.7 Å². The van der Waals surface area contributed by atoms with E-state index in [9.17, 15) is 65.6 Å². The van der Waals surface area contributed by atoms with Crippen LogP contribution in [0.4, 0.5) is 37.7 Å². The minimum absolute atomic E-state index is 0.00878. The number of ether oxygens (including phenoxy) is 3. The Kier molecular flexibility index (Phi) is 10.2. The second kappa shape index (κ2) is 14.3. The molecular formula is C40H36F6N4O11. The lowest BCUT2D eigenvalue weighted by Crippen LogP contribution is -2.49. The molecule has 6 fully saturated rings. The quantitative estimate of drug-likeness (QED) is 0.207. The molecule has 0 spiro atoms. The molecule has 324 valence electrons. The molecule has 4 amide bonds. The Morgan fingerprint density at radius 3 is 1.46 bits per heavy atom. The maximum atomic E-state index is 13.4. The molecule has 61 heavy (non-hydrogen) atoms. The van der Waals surface area contributed by atoms with Gasteiger partial charge in [-0.3, -0.25) is 24.0 Å². The molecule has 10 atom stereocenters. The predicted octanol–water partition coefficient (Wildman–Crippen LogP) is 3.29. The summed E-state index contributed by atoms with van der Waals surface area (Å²) in [5, 5.41) is 48.4. The van der Waals surface area contributed by atoms with Crippen molar-refractivity contribution in [1.82, 2.24) is 0 Å². The zero-order valence-electron chi connectivity index (χ0n) is 32.3. The van der Waals surface area contributed by atoms with Gasteiger partial charge in [0.2, 0.25) is 23.6 Å². The summed E-state index contributed by atoms with van der Waals surface area (Å²) in [6, 6.07) is 8.16. The Labute approximate surface area is 342 Å². The second-order valence-corrected chi connectivity index (χ2v) is 16.3. The van der Waals surface area contributed by atoms with Gasteiger partial charge >= 0.3 is 18.3 Å². The summed E-state index contributed by atoms with van der Waals surface area (Å²) in [6.07, 6.45) is -11.8. The van der Waals surface area contributed by atoms with E-state index in [1.54, 1.807) is 0 Å². The molecule has 0 saturated carbocycles. The molecule has 2 aromatic carbocycles. The predicted molar refractivity (Wildman–Crippen MR) is 190 cm³/mol. The second-order valence-electron chi connectivity index (χ2n) is 16.3. The lowest BCUT2D eigenvalue weighted by atomic mass is 9.66. The number of fused-ring (bicyclic) bond motifs is 10. The van der Waals surface area contributed by atoms with E-state index in [0.29, 0.717) is 21.9 Å². The molecule has 21 heteroatoms. The zero-order chi connectivity index (χ0) is 45.0. The van der Waals surface area contributed by atoms with Gasteiger partial charge in [-0.25, -0.2) is 9.80 Å². The van der Waals surface area contributed by atoms with Crippen molar-refractivity contribution >= 4 is 41.0 Å². The van der Waals surface area contributed by atoms with Gasteiger partial charge in [-0.15, -0.1) is 0 Å². The van der Waals surface area contributed by atoms with Gasteiger partial charge in [-0.2, -0.15) is 36.9 Å². The number of hydrogen-bond acceptors (Lipinski definition) is 13. The number of aliphatic hydroxyl groups is 3. The number of halogens is 6. The molecule has 6 aliphatic rings. The van der Waals surface area contributed by atoms with Crippen LogP contribution in [0.15, 0.2) is 36.4 Å². The summed E-state index contributed by atoms with van der Waals surface area (Å²) in [7, 11) is 0. The van der Waals surface area contributed by atoms with Crippen molar-refractivity contribution in [2.45, 2.75) is 93.4 Å². The molecule has 3 N–H and O–H groups in total. The summed E-state index contributed by atoms with van der Waals surface area (Å²) in [5.41, 5.74) is -9.71. The van der Waals surface area contributed by atoms with Crippen molar-refractivity contribution in [2.75, 3.05) is 23.0 Å². The molecule has 0 aromatic heterocycles. The summed E-state index contributed by atoms with van der Waals surface area (Å²) in [4.78, 5) is 65.3. The molecular weight excluding hydrogens is 826 g/mol. The van der Waals surface area contributed by atoms with Crippen molar-refractivity contribution < 1.29 is 79.8 Å². The number of alkyl halides is 6. The van der Waals surface area contributed by atoms with Crippen LogP contribution < -0.4 is 9.80 Å². The van der Waals surface area contributed by atoms with E-state index >= 15 is 0 Å². The van der Waals surface area contributed by atoms with Crippen molar-refractivity contribution in [1.29, 1.82) is 10.5 Å². The molecule has 0 radical (unpaired) electrons. The normalized spacial score (nSPS) is 34.6. The number of carbonyl (C=O) groups excluding carboxylic acids is 5. The van der Waals surface area contributed by atoms with Gasteiger partial charge in [-0.05, 0) is 50.2 Å². The number of nitrogens with zero attached hydrogens (tertiary/aromatic N) is 4. The fourth-order valence-corrected chi connectivity index (χ4v) is 10.3. The van der Waals surface area contributed by atoms with Gasteiger partial charge in [0.1, 0.15) is 11.2 Å². The molecule has 6 aliphatic heterocycles. The topological polar surface area (TPSA) is 228 Å². The number of hydrogen-bond donors (Lipinski definition) is 3. The molecule has 15 nitrogen and oxygen atoms in total. The minimum Gasteiger partial charge on any atom is -0.466 e. The number of amides is 4. The first-order valence-electron chi connectivity index (χ1n) is 18.8. The highest BCUT2D eigenvalue weighted by molar-refractivity contribution is 6.24. The molecule has 6 heterocycles. The molecule has 8 rings (SSSR count). The monoisotopic (exact) mass is 862 g/mol. The largest absolute Gasteiger partial charge is 0.466 e. The zero-order valence-corrected chi connectivity index (χ0v) is 32.3. The van der Waals surface area contributed by atoms with Crippen LogP contribution in [0.3, 0.4) is 0 Å². The Hall–Kier alpha value is -5.45. The van der Waals surface area contributed by atoms with Gasteiger partial charge in [-0.1, -0.05) is 0 Å². The number of carbonyl (C=O) groups is 5. The van der Waals surface area contributed by atoms with Crippen molar-refractivity contribution in [2.24, 2.45) is 23.7 Å². The number of imide groups is 2. The van der Waals surface area contributed by atoms with E-state index in [1.165, 1.54) is 32.9 Å². The Bertz CT molecular complexity index is 2350. The van der Waals surface area contributed by atoms with Crippen LogP contribution in [0, 0.1) is 46.3 Å². The Morgan fingerprint density at radius 1 is 0.738 bits per heavy atom. The van der Waals surface area contributed by atoms with Crippen LogP contribution in [0.2, 0.25) is 0 Å². The highest BCUT2D eigenvalue weighted by Crippen LogP contribution is 2.64. The molecule has 0 aliphatic carbocycles. The maximum Gasteiger partial charge on any atom is 0.417 e. The fourth-order valence-electron chi connectivity index (χ4n) is 10.3. The molecule has 6 saturated heterocycles. The average Bonchev–Trinajstić information content (AvgIpc) is 3.92. The van der Waals surface area contributed by atoms with Crippen LogP contribution in [0.25, 0.3) is 0 Å². The summed E-state index contributed by atoms with van der Waals surface area (Å²) >= 11 is 0. The number of anilines is 2. The fraction of sp³-hybridized carbons (Fsp3) is 0.525. The van der Waals surface area contributed by atoms with Crippen molar-refractivity contribution in [3.8, 4) is 12.1 Å². The van der Waals surface area contributed by atoms with E-state index in [2.05, 4.69) is 0 Å². The molecule has 4 bridgehead atoms. The maximum absolute atomic E-state index is 13.4. The van der Waals surface area contributed by atoms with Gasteiger partial charge in [0.25, 0.3) is 0 Å². The Balaban J connectivity index is 0.000000185. The standard InChI is InChI=1S/C21H19F3N2O6.C19H17F3N2O5/c1-10(27)31-6-5-20-8-14(28)19(2,32-20)15-16(20)18(30)26(17(15)29)12-4-3-11(9-25)13(7-12)21(22,23)24;1-17-12(26)7-18(29-17,4-5-25)14-13(17)15(27)24(16(14)28)10-3-2-9(8-23)11(6-10)19(20,21)22/h3-4,7,14-16,28H,5-6,8H2,1-2H3;2-3,6,12-14,25-26H,4-5,7H2,1H3/t14-,15-,16+,19-,20+;12-,13-,14+,17-,18+/m01/s1. The summed E-state index contributed by atoms with van der Waals surface area (Å²) in [5.74, 6) is -7.84. The third-order valence-corrected chi connectivity index (χ3v) is 13.0. The average molecular weight is 863 g/mol. The molecule has 0 unspecified atom stereocenters. The SMILES string of the molecule is CC(=O)OCC[C@]12C[C@H](O)[C@](C)(O1)[C@@H]1C(=O)N(c3ccc(C#N)c(C(F)(F)F)c3)C(=O)[C@@H]12.C[C@@]12O[C@@](CCO)(C[C@H]1O)[C@@H]1C(=O)N(c3ccc(C#N)c(C(F)(F)F)c3)C(=O)[C@@H]12.